The van der Waals surface area contributed by atoms with E-state index in [0.29, 0.717) is 6.42 Å². The molecule has 0 radical (unpaired) electrons. The van der Waals surface area contributed by atoms with E-state index in [0.717, 1.165) is 19.4 Å². The van der Waals surface area contributed by atoms with Gasteiger partial charge in [0.15, 0.2) is 5.12 Å². The van der Waals surface area contributed by atoms with Crippen LogP contribution >= 0.6 is 11.8 Å². The summed E-state index contributed by atoms with van der Waals surface area (Å²) in [6.45, 7) is 11.1. The Bertz CT molecular complexity index is 404. The highest BCUT2D eigenvalue weighted by atomic mass is 32.2. The number of nitrogens with one attached hydrogen (secondary N) is 1. The van der Waals surface area contributed by atoms with Gasteiger partial charge in [-0.1, -0.05) is 11.8 Å². The third-order valence-electron chi connectivity index (χ3n) is 4.07. The Labute approximate surface area is 126 Å². The molecule has 2 aliphatic heterocycles. The van der Waals surface area contributed by atoms with Gasteiger partial charge < -0.3 is 10.2 Å². The average Bonchev–Trinajstić information content (AvgIpc) is 2.53. The molecule has 0 aromatic rings. The SMILES string of the molecule is CC(=O)SC1CC(=O)N(C2CC(C)(C)NC(C)(C)C2)C1. The first-order chi connectivity index (χ1) is 9.08. The van der Waals surface area contributed by atoms with E-state index in [4.69, 9.17) is 0 Å². The van der Waals surface area contributed by atoms with Gasteiger partial charge in [0.1, 0.15) is 0 Å². The summed E-state index contributed by atoms with van der Waals surface area (Å²) in [5, 5.41) is 3.89. The van der Waals surface area contributed by atoms with Crippen molar-refractivity contribution in [2.24, 2.45) is 0 Å². The molecule has 4 nitrogen and oxygen atoms in total. The number of amides is 1. The first kappa shape index (κ1) is 15.8. The number of hydrogen-bond acceptors (Lipinski definition) is 4. The zero-order valence-corrected chi connectivity index (χ0v) is 14.0. The largest absolute Gasteiger partial charge is 0.338 e. The third-order valence-corrected chi connectivity index (χ3v) is 5.05. The van der Waals surface area contributed by atoms with Gasteiger partial charge in [0.25, 0.3) is 0 Å². The fourth-order valence-corrected chi connectivity index (χ4v) is 4.78. The van der Waals surface area contributed by atoms with E-state index >= 15 is 0 Å². The summed E-state index contributed by atoms with van der Waals surface area (Å²) >= 11 is 1.32. The number of carbonyl (C=O) groups is 2. The van der Waals surface area contributed by atoms with Crippen LogP contribution in [-0.2, 0) is 9.59 Å². The zero-order chi connectivity index (χ0) is 15.1. The molecule has 1 atom stereocenters. The molecule has 1 amide bonds. The molecule has 114 valence electrons. The topological polar surface area (TPSA) is 49.4 Å². The highest BCUT2D eigenvalue weighted by Crippen LogP contribution is 2.35. The van der Waals surface area contributed by atoms with Gasteiger partial charge in [-0.2, -0.15) is 0 Å². The van der Waals surface area contributed by atoms with Gasteiger partial charge in [0.05, 0.1) is 0 Å². The van der Waals surface area contributed by atoms with Crippen LogP contribution in [0.2, 0.25) is 0 Å². The Kier molecular flexibility index (Phi) is 4.22. The quantitative estimate of drug-likeness (QED) is 0.849. The lowest BCUT2D eigenvalue weighted by Crippen LogP contribution is -2.62. The van der Waals surface area contributed by atoms with Crippen LogP contribution in [0.1, 0.15) is 53.9 Å². The van der Waals surface area contributed by atoms with E-state index < -0.39 is 0 Å². The van der Waals surface area contributed by atoms with Crippen LogP contribution in [0.4, 0.5) is 0 Å². The van der Waals surface area contributed by atoms with Crippen molar-refractivity contribution in [1.29, 1.82) is 0 Å². The van der Waals surface area contributed by atoms with E-state index in [1.54, 1.807) is 6.92 Å². The average molecular weight is 298 g/mol. The van der Waals surface area contributed by atoms with Crippen LogP contribution in [0.3, 0.4) is 0 Å². The molecule has 0 aromatic heterocycles. The zero-order valence-electron chi connectivity index (χ0n) is 13.2. The van der Waals surface area contributed by atoms with E-state index in [2.05, 4.69) is 33.0 Å². The smallest absolute Gasteiger partial charge is 0.224 e. The second-order valence-corrected chi connectivity index (χ2v) is 8.91. The van der Waals surface area contributed by atoms with Crippen LogP contribution in [0.5, 0.6) is 0 Å². The molecular weight excluding hydrogens is 272 g/mol. The van der Waals surface area contributed by atoms with Crippen molar-refractivity contribution >= 4 is 22.8 Å². The maximum atomic E-state index is 12.3. The number of carbonyl (C=O) groups excluding carboxylic acids is 2. The van der Waals surface area contributed by atoms with E-state index in [9.17, 15) is 9.59 Å². The standard InChI is InChI=1S/C15H26N2O2S/c1-10(18)20-12-6-13(19)17(9-12)11-7-14(2,3)16-15(4,5)8-11/h11-12,16H,6-9H2,1-5H3. The van der Waals surface area contributed by atoms with Crippen molar-refractivity contribution in [3.05, 3.63) is 0 Å². The second kappa shape index (κ2) is 5.34. The molecule has 5 heteroatoms. The molecule has 2 fully saturated rings. The molecular formula is C15H26N2O2S. The lowest BCUT2D eigenvalue weighted by atomic mass is 9.79. The van der Waals surface area contributed by atoms with Gasteiger partial charge in [-0.25, -0.2) is 0 Å². The van der Waals surface area contributed by atoms with Crippen LogP contribution in [0.15, 0.2) is 0 Å². The summed E-state index contributed by atoms with van der Waals surface area (Å²) in [4.78, 5) is 25.5. The Balaban J connectivity index is 2.07. The molecule has 2 heterocycles. The van der Waals surface area contributed by atoms with Crippen LogP contribution < -0.4 is 5.32 Å². The Morgan fingerprint density at radius 2 is 1.80 bits per heavy atom. The molecule has 0 saturated carbocycles. The van der Waals surface area contributed by atoms with Crippen LogP contribution in [0, 0.1) is 0 Å². The predicted molar refractivity (Wildman–Crippen MR) is 82.7 cm³/mol. The summed E-state index contributed by atoms with van der Waals surface area (Å²) in [6.07, 6.45) is 2.45. The minimum Gasteiger partial charge on any atom is -0.338 e. The van der Waals surface area contributed by atoms with Crippen LogP contribution in [-0.4, -0.2) is 44.8 Å². The first-order valence-corrected chi connectivity index (χ1v) is 8.22. The molecule has 2 saturated heterocycles. The lowest BCUT2D eigenvalue weighted by Gasteiger charge is -2.49. The molecule has 0 aliphatic carbocycles. The van der Waals surface area contributed by atoms with Gasteiger partial charge in [-0.15, -0.1) is 0 Å². The fraction of sp³-hybridized carbons (Fsp3) is 0.867. The van der Waals surface area contributed by atoms with Gasteiger partial charge in [0, 0.05) is 42.3 Å². The highest BCUT2D eigenvalue weighted by molar-refractivity contribution is 8.14. The first-order valence-electron chi connectivity index (χ1n) is 7.34. The number of piperidine rings is 1. The second-order valence-electron chi connectivity index (χ2n) is 7.44. The molecule has 2 aliphatic rings. The van der Waals surface area contributed by atoms with Crippen LogP contribution in [0.25, 0.3) is 0 Å². The number of likely N-dealkylation sites (tertiary alicyclic amines) is 1. The molecule has 0 bridgehead atoms. The highest BCUT2D eigenvalue weighted by Gasteiger charge is 2.44. The molecule has 20 heavy (non-hydrogen) atoms. The normalized spacial score (nSPS) is 29.8. The Morgan fingerprint density at radius 1 is 1.25 bits per heavy atom. The van der Waals surface area contributed by atoms with Gasteiger partial charge in [-0.05, 0) is 40.5 Å². The summed E-state index contributed by atoms with van der Waals surface area (Å²) < 4.78 is 0. The number of nitrogens with zero attached hydrogens (tertiary/aromatic N) is 1. The van der Waals surface area contributed by atoms with Gasteiger partial charge in [-0.3, -0.25) is 9.59 Å². The van der Waals surface area contributed by atoms with Crippen molar-refractivity contribution in [1.82, 2.24) is 10.2 Å². The van der Waals surface area contributed by atoms with E-state index in [-0.39, 0.29) is 33.4 Å². The number of rotatable bonds is 2. The van der Waals surface area contributed by atoms with Crippen molar-refractivity contribution in [2.75, 3.05) is 6.54 Å². The fourth-order valence-electron chi connectivity index (χ4n) is 3.85. The van der Waals surface area contributed by atoms with Crippen molar-refractivity contribution < 1.29 is 9.59 Å². The summed E-state index contributed by atoms with van der Waals surface area (Å²) in [5.41, 5.74) is 0.0804. The monoisotopic (exact) mass is 298 g/mol. The molecule has 0 aromatic carbocycles. The van der Waals surface area contributed by atoms with Crippen molar-refractivity contribution in [2.45, 2.75) is 76.3 Å². The minimum atomic E-state index is 0.0402. The lowest BCUT2D eigenvalue weighted by molar-refractivity contribution is -0.131. The summed E-state index contributed by atoms with van der Waals surface area (Å²) in [5.74, 6) is 0.210. The molecule has 0 spiro atoms. The maximum absolute atomic E-state index is 12.3. The summed E-state index contributed by atoms with van der Waals surface area (Å²) in [7, 11) is 0. The Hall–Kier alpha value is -0.550. The Morgan fingerprint density at radius 3 is 2.30 bits per heavy atom. The minimum absolute atomic E-state index is 0.0402. The van der Waals surface area contributed by atoms with Crippen molar-refractivity contribution in [3.63, 3.8) is 0 Å². The molecule has 1 N–H and O–H groups in total. The van der Waals surface area contributed by atoms with E-state index in [1.807, 2.05) is 4.90 Å². The molecule has 2 rings (SSSR count). The van der Waals surface area contributed by atoms with E-state index in [1.165, 1.54) is 11.8 Å². The van der Waals surface area contributed by atoms with Crippen molar-refractivity contribution in [3.8, 4) is 0 Å². The maximum Gasteiger partial charge on any atom is 0.224 e. The molecule has 1 unspecified atom stereocenters. The van der Waals surface area contributed by atoms with Gasteiger partial charge in [0.2, 0.25) is 5.91 Å². The van der Waals surface area contributed by atoms with Gasteiger partial charge >= 0.3 is 0 Å². The third kappa shape index (κ3) is 3.76. The number of thioether (sulfide) groups is 1. The predicted octanol–water partition coefficient (Wildman–Crippen LogP) is 2.18. The number of hydrogen-bond donors (Lipinski definition) is 1. The summed E-state index contributed by atoms with van der Waals surface area (Å²) in [6, 6.07) is 0.284.